The van der Waals surface area contributed by atoms with Crippen LogP contribution >= 0.6 is 0 Å². The van der Waals surface area contributed by atoms with Gasteiger partial charge in [0.25, 0.3) is 0 Å². The first-order valence-electron chi connectivity index (χ1n) is 6.75. The minimum atomic E-state index is -0.963. The number of likely N-dealkylation sites (N-methyl/N-ethyl adjacent to an activating group) is 1. The highest BCUT2D eigenvalue weighted by Gasteiger charge is 2.22. The van der Waals surface area contributed by atoms with Gasteiger partial charge in [0.1, 0.15) is 0 Å². The Morgan fingerprint density at radius 1 is 1.25 bits per heavy atom. The van der Waals surface area contributed by atoms with Crippen LogP contribution in [0.25, 0.3) is 0 Å². The highest BCUT2D eigenvalue weighted by atomic mass is 16.4. The van der Waals surface area contributed by atoms with Gasteiger partial charge in [-0.15, -0.1) is 0 Å². The van der Waals surface area contributed by atoms with E-state index in [9.17, 15) is 14.4 Å². The van der Waals surface area contributed by atoms with Gasteiger partial charge in [-0.1, -0.05) is 13.8 Å². The molecule has 0 fully saturated rings. The molecule has 7 nitrogen and oxygen atoms in total. The maximum Gasteiger partial charge on any atom is 0.305 e. The summed E-state index contributed by atoms with van der Waals surface area (Å²) in [5.41, 5.74) is 5.67. The molecule has 1 unspecified atom stereocenters. The topological polar surface area (TPSA) is 113 Å². The second kappa shape index (κ2) is 8.52. The molecule has 2 atom stereocenters. The molecule has 0 aromatic carbocycles. The summed E-state index contributed by atoms with van der Waals surface area (Å²) in [7, 11) is 0. The predicted molar refractivity (Wildman–Crippen MR) is 74.9 cm³/mol. The Bertz CT molecular complexity index is 358. The molecule has 2 amide bonds. The van der Waals surface area contributed by atoms with Crippen molar-refractivity contribution in [2.24, 2.45) is 11.7 Å². The Balaban J connectivity index is 4.43. The van der Waals surface area contributed by atoms with Crippen LogP contribution < -0.4 is 11.1 Å². The van der Waals surface area contributed by atoms with Crippen LogP contribution in [0.4, 0.5) is 0 Å². The summed E-state index contributed by atoms with van der Waals surface area (Å²) in [5.74, 6) is -1.67. The first kappa shape index (κ1) is 18.4. The lowest BCUT2D eigenvalue weighted by molar-refractivity contribution is -0.141. The summed E-state index contributed by atoms with van der Waals surface area (Å²) in [6, 6.07) is -1.07. The molecule has 4 N–H and O–H groups in total. The van der Waals surface area contributed by atoms with E-state index in [0.717, 1.165) is 0 Å². The van der Waals surface area contributed by atoms with Crippen LogP contribution in [0.3, 0.4) is 0 Å². The van der Waals surface area contributed by atoms with Gasteiger partial charge >= 0.3 is 5.97 Å². The molecule has 0 aromatic heterocycles. The van der Waals surface area contributed by atoms with Crippen molar-refractivity contribution < 1.29 is 19.5 Å². The summed E-state index contributed by atoms with van der Waals surface area (Å²) in [4.78, 5) is 35.7. The fourth-order valence-electron chi connectivity index (χ4n) is 1.78. The van der Waals surface area contributed by atoms with Crippen molar-refractivity contribution in [1.29, 1.82) is 0 Å². The Morgan fingerprint density at radius 3 is 2.20 bits per heavy atom. The molecule has 7 heteroatoms. The number of aliphatic carboxylic acids is 1. The minimum absolute atomic E-state index is 0.0154. The molecule has 0 aliphatic heterocycles. The van der Waals surface area contributed by atoms with Crippen molar-refractivity contribution >= 4 is 17.8 Å². The van der Waals surface area contributed by atoms with Gasteiger partial charge in [-0.25, -0.2) is 0 Å². The smallest absolute Gasteiger partial charge is 0.305 e. The zero-order valence-corrected chi connectivity index (χ0v) is 12.5. The maximum absolute atomic E-state index is 12.0. The first-order valence-corrected chi connectivity index (χ1v) is 6.75. The third-order valence-corrected chi connectivity index (χ3v) is 3.10. The number of nitrogens with zero attached hydrogens (tertiary/aromatic N) is 1. The Labute approximate surface area is 119 Å². The number of nitrogens with one attached hydrogen (secondary N) is 1. The maximum atomic E-state index is 12.0. The summed E-state index contributed by atoms with van der Waals surface area (Å²) in [6.07, 6.45) is -0.126. The SMILES string of the molecule is CCN(C(=O)CNC(=O)[C@@H](N)C(C)C)C(C)CC(=O)O. The Kier molecular flexibility index (Phi) is 7.83. The zero-order chi connectivity index (χ0) is 15.9. The lowest BCUT2D eigenvalue weighted by atomic mass is 10.1. The van der Waals surface area contributed by atoms with Gasteiger partial charge < -0.3 is 21.1 Å². The monoisotopic (exact) mass is 287 g/mol. The van der Waals surface area contributed by atoms with E-state index in [1.54, 1.807) is 13.8 Å². The van der Waals surface area contributed by atoms with Gasteiger partial charge in [-0.05, 0) is 19.8 Å². The lowest BCUT2D eigenvalue weighted by Gasteiger charge is -2.27. The van der Waals surface area contributed by atoms with E-state index in [1.165, 1.54) is 4.90 Å². The number of hydrogen-bond acceptors (Lipinski definition) is 4. The lowest BCUT2D eigenvalue weighted by Crippen LogP contribution is -2.49. The molecule has 0 rings (SSSR count). The molecule has 0 heterocycles. The number of carbonyl (C=O) groups excluding carboxylic acids is 2. The average molecular weight is 287 g/mol. The summed E-state index contributed by atoms with van der Waals surface area (Å²) in [5, 5.41) is 11.2. The van der Waals surface area contributed by atoms with E-state index >= 15 is 0 Å². The molecule has 0 saturated heterocycles. The van der Waals surface area contributed by atoms with Crippen molar-refractivity contribution in [3.63, 3.8) is 0 Å². The molecule has 20 heavy (non-hydrogen) atoms. The second-order valence-corrected chi connectivity index (χ2v) is 5.11. The predicted octanol–water partition coefficient (Wildman–Crippen LogP) is -0.202. The first-order chi connectivity index (χ1) is 9.20. The molecule has 116 valence electrons. The number of carboxylic acids is 1. The largest absolute Gasteiger partial charge is 0.481 e. The van der Waals surface area contributed by atoms with Crippen LogP contribution in [0.15, 0.2) is 0 Å². The van der Waals surface area contributed by atoms with Crippen LogP contribution in [0.2, 0.25) is 0 Å². The van der Waals surface area contributed by atoms with E-state index in [4.69, 9.17) is 10.8 Å². The van der Waals surface area contributed by atoms with Crippen molar-refractivity contribution in [2.45, 2.75) is 46.2 Å². The molecule has 0 aliphatic rings. The molecule has 0 aromatic rings. The summed E-state index contributed by atoms with van der Waals surface area (Å²) >= 11 is 0. The van der Waals surface area contributed by atoms with Gasteiger partial charge in [0, 0.05) is 12.6 Å². The van der Waals surface area contributed by atoms with Gasteiger partial charge in [0.2, 0.25) is 11.8 Å². The van der Waals surface area contributed by atoms with Crippen LogP contribution in [-0.4, -0.2) is 53.0 Å². The molecule has 0 bridgehead atoms. The third kappa shape index (κ3) is 6.01. The molecule has 0 radical (unpaired) electrons. The van der Waals surface area contributed by atoms with Crippen molar-refractivity contribution in [2.75, 3.05) is 13.1 Å². The zero-order valence-electron chi connectivity index (χ0n) is 12.5. The Morgan fingerprint density at radius 2 is 1.80 bits per heavy atom. The third-order valence-electron chi connectivity index (χ3n) is 3.10. The Hall–Kier alpha value is -1.63. The number of carbonyl (C=O) groups is 3. The van der Waals surface area contributed by atoms with E-state index in [2.05, 4.69) is 5.32 Å². The van der Waals surface area contributed by atoms with E-state index < -0.39 is 18.1 Å². The van der Waals surface area contributed by atoms with Gasteiger partial charge in [0.05, 0.1) is 19.0 Å². The number of rotatable bonds is 8. The number of nitrogens with two attached hydrogens (primary N) is 1. The standard InChI is InChI=1S/C13H25N3O4/c1-5-16(9(4)6-11(18)19)10(17)7-15-13(20)12(14)8(2)3/h8-9,12H,5-7,14H2,1-4H3,(H,15,20)(H,18,19)/t9?,12-/m0/s1. The fourth-order valence-corrected chi connectivity index (χ4v) is 1.78. The van der Waals surface area contributed by atoms with E-state index in [1.807, 2.05) is 13.8 Å². The molecular formula is C13H25N3O4. The fraction of sp³-hybridized carbons (Fsp3) is 0.769. The van der Waals surface area contributed by atoms with Gasteiger partial charge in [-0.3, -0.25) is 14.4 Å². The van der Waals surface area contributed by atoms with E-state index in [-0.39, 0.29) is 30.7 Å². The summed E-state index contributed by atoms with van der Waals surface area (Å²) < 4.78 is 0. The molecule has 0 spiro atoms. The van der Waals surface area contributed by atoms with Gasteiger partial charge in [0.15, 0.2) is 0 Å². The highest BCUT2D eigenvalue weighted by Crippen LogP contribution is 2.04. The average Bonchev–Trinajstić information content (AvgIpc) is 2.34. The van der Waals surface area contributed by atoms with Crippen molar-refractivity contribution in [3.8, 4) is 0 Å². The molecular weight excluding hydrogens is 262 g/mol. The number of hydrogen-bond donors (Lipinski definition) is 3. The van der Waals surface area contributed by atoms with Gasteiger partial charge in [-0.2, -0.15) is 0 Å². The quantitative estimate of drug-likeness (QED) is 0.572. The van der Waals surface area contributed by atoms with E-state index in [0.29, 0.717) is 6.54 Å². The number of amides is 2. The summed E-state index contributed by atoms with van der Waals surface area (Å²) in [6.45, 7) is 7.28. The molecule has 0 saturated carbocycles. The van der Waals surface area contributed by atoms with Crippen LogP contribution in [0, 0.1) is 5.92 Å². The second-order valence-electron chi connectivity index (χ2n) is 5.11. The van der Waals surface area contributed by atoms with Crippen LogP contribution in [-0.2, 0) is 14.4 Å². The van der Waals surface area contributed by atoms with Crippen LogP contribution in [0.1, 0.15) is 34.1 Å². The highest BCUT2D eigenvalue weighted by molar-refractivity contribution is 5.87. The molecule has 0 aliphatic carbocycles. The number of carboxylic acid groups (broad SMARTS) is 1. The normalized spacial score (nSPS) is 13.7. The van der Waals surface area contributed by atoms with Crippen molar-refractivity contribution in [1.82, 2.24) is 10.2 Å². The van der Waals surface area contributed by atoms with Crippen molar-refractivity contribution in [3.05, 3.63) is 0 Å². The van der Waals surface area contributed by atoms with Crippen LogP contribution in [0.5, 0.6) is 0 Å². The minimum Gasteiger partial charge on any atom is -0.481 e.